The summed E-state index contributed by atoms with van der Waals surface area (Å²) in [6.45, 7) is 4.10. The van der Waals surface area contributed by atoms with Crippen molar-refractivity contribution in [2.45, 2.75) is 32.6 Å². The van der Waals surface area contributed by atoms with Crippen molar-refractivity contribution in [3.63, 3.8) is 0 Å². The van der Waals surface area contributed by atoms with Crippen LogP contribution >= 0.6 is 11.6 Å². The average Bonchev–Trinajstić information content (AvgIpc) is 2.90. The number of carbonyl (C=O) groups is 1. The molecule has 1 atom stereocenters. The first-order valence-electron chi connectivity index (χ1n) is 6.81. The molecule has 0 spiro atoms. The monoisotopic (exact) mass is 308 g/mol. The van der Waals surface area contributed by atoms with Crippen molar-refractivity contribution in [1.29, 1.82) is 0 Å². The Hall–Kier alpha value is -1.88. The summed E-state index contributed by atoms with van der Waals surface area (Å²) in [5.41, 5.74) is 1.14. The zero-order valence-corrected chi connectivity index (χ0v) is 12.8. The minimum atomic E-state index is -0.363. The minimum absolute atomic E-state index is 0.00844. The van der Waals surface area contributed by atoms with Crippen LogP contribution in [0.4, 0.5) is 0 Å². The van der Waals surface area contributed by atoms with Gasteiger partial charge in [0.05, 0.1) is 6.61 Å². The van der Waals surface area contributed by atoms with Gasteiger partial charge in [-0.3, -0.25) is 4.79 Å². The number of aromatic nitrogens is 2. The van der Waals surface area contributed by atoms with Gasteiger partial charge in [-0.15, -0.1) is 0 Å². The summed E-state index contributed by atoms with van der Waals surface area (Å²) >= 11 is 5.86. The molecule has 21 heavy (non-hydrogen) atoms. The topological polar surface area (TPSA) is 65.2 Å². The zero-order chi connectivity index (χ0) is 15.2. The first kappa shape index (κ1) is 15.5. The van der Waals surface area contributed by atoms with Gasteiger partial charge >= 0.3 is 5.97 Å². The quantitative estimate of drug-likeness (QED) is 0.767. The van der Waals surface area contributed by atoms with Gasteiger partial charge in [0.15, 0.2) is 5.82 Å². The molecule has 0 amide bonds. The molecule has 1 aromatic heterocycles. The predicted octanol–water partition coefficient (Wildman–Crippen LogP) is 3.17. The molecule has 1 heterocycles. The second-order valence-electron chi connectivity index (χ2n) is 4.76. The summed E-state index contributed by atoms with van der Waals surface area (Å²) in [5, 5.41) is 4.63. The van der Waals surface area contributed by atoms with Crippen LogP contribution in [0.2, 0.25) is 5.02 Å². The molecule has 0 fully saturated rings. The van der Waals surface area contributed by atoms with Crippen molar-refractivity contribution in [2.24, 2.45) is 0 Å². The van der Waals surface area contributed by atoms with Gasteiger partial charge in [-0.05, 0) is 31.0 Å². The van der Waals surface area contributed by atoms with E-state index < -0.39 is 0 Å². The SMILES string of the molecule is CCOC(=O)Cc1nc([C@@H](C)Cc2ccc(Cl)cc2)no1. The van der Waals surface area contributed by atoms with Gasteiger partial charge in [0.25, 0.3) is 0 Å². The van der Waals surface area contributed by atoms with Crippen molar-refractivity contribution in [1.82, 2.24) is 10.1 Å². The fourth-order valence-corrected chi connectivity index (χ4v) is 2.07. The molecule has 0 saturated heterocycles. The van der Waals surface area contributed by atoms with Gasteiger partial charge < -0.3 is 9.26 Å². The molecule has 0 aliphatic rings. The normalized spacial score (nSPS) is 12.1. The number of carbonyl (C=O) groups excluding carboxylic acids is 1. The van der Waals surface area contributed by atoms with Gasteiger partial charge in [-0.1, -0.05) is 35.8 Å². The number of benzene rings is 1. The molecule has 6 heteroatoms. The van der Waals surface area contributed by atoms with E-state index in [0.29, 0.717) is 17.5 Å². The molecule has 0 radical (unpaired) electrons. The molecule has 112 valence electrons. The smallest absolute Gasteiger partial charge is 0.315 e. The summed E-state index contributed by atoms with van der Waals surface area (Å²) < 4.78 is 9.92. The number of hydrogen-bond donors (Lipinski definition) is 0. The molecule has 1 aromatic carbocycles. The van der Waals surface area contributed by atoms with Crippen LogP contribution in [0.3, 0.4) is 0 Å². The second kappa shape index (κ2) is 7.22. The van der Waals surface area contributed by atoms with Crippen LogP contribution in [-0.4, -0.2) is 22.7 Å². The molecule has 5 nitrogen and oxygen atoms in total. The van der Waals surface area contributed by atoms with E-state index in [0.717, 1.165) is 12.0 Å². The van der Waals surface area contributed by atoms with Crippen molar-refractivity contribution >= 4 is 17.6 Å². The van der Waals surface area contributed by atoms with E-state index in [9.17, 15) is 4.79 Å². The third-order valence-electron chi connectivity index (χ3n) is 2.98. The van der Waals surface area contributed by atoms with Crippen LogP contribution in [0.5, 0.6) is 0 Å². The molecule has 0 bridgehead atoms. The highest BCUT2D eigenvalue weighted by Crippen LogP contribution is 2.19. The van der Waals surface area contributed by atoms with Gasteiger partial charge in [0.2, 0.25) is 5.89 Å². The number of rotatable bonds is 6. The maximum absolute atomic E-state index is 11.4. The summed E-state index contributed by atoms with van der Waals surface area (Å²) in [6, 6.07) is 7.65. The van der Waals surface area contributed by atoms with E-state index >= 15 is 0 Å². The third kappa shape index (κ3) is 4.56. The highest BCUT2D eigenvalue weighted by atomic mass is 35.5. The summed E-state index contributed by atoms with van der Waals surface area (Å²) in [5.74, 6) is 0.597. The fourth-order valence-electron chi connectivity index (χ4n) is 1.94. The Labute approximate surface area is 128 Å². The van der Waals surface area contributed by atoms with E-state index in [1.807, 2.05) is 31.2 Å². The van der Waals surface area contributed by atoms with Gasteiger partial charge in [0, 0.05) is 10.9 Å². The largest absolute Gasteiger partial charge is 0.466 e. The van der Waals surface area contributed by atoms with Crippen molar-refractivity contribution in [2.75, 3.05) is 6.61 Å². The standard InChI is InChI=1S/C15H17ClN2O3/c1-3-20-14(19)9-13-17-15(18-21-13)10(2)8-11-4-6-12(16)7-5-11/h4-7,10H,3,8-9H2,1-2H3/t10-/m0/s1. The Balaban J connectivity index is 1.96. The van der Waals surface area contributed by atoms with Crippen LogP contribution in [0.15, 0.2) is 28.8 Å². The fraction of sp³-hybridized carbons (Fsp3) is 0.400. The zero-order valence-electron chi connectivity index (χ0n) is 12.0. The Morgan fingerprint density at radius 1 is 1.38 bits per heavy atom. The lowest BCUT2D eigenvalue weighted by Crippen LogP contribution is -2.08. The lowest BCUT2D eigenvalue weighted by atomic mass is 10.0. The third-order valence-corrected chi connectivity index (χ3v) is 3.23. The summed E-state index contributed by atoms with van der Waals surface area (Å²) in [4.78, 5) is 15.6. The number of halogens is 1. The van der Waals surface area contributed by atoms with Crippen molar-refractivity contribution in [3.05, 3.63) is 46.6 Å². The predicted molar refractivity (Wildman–Crippen MR) is 78.2 cm³/mol. The molecule has 0 N–H and O–H groups in total. The number of ether oxygens (including phenoxy) is 1. The van der Waals surface area contributed by atoms with Crippen LogP contribution in [0, 0.1) is 0 Å². The van der Waals surface area contributed by atoms with E-state index in [-0.39, 0.29) is 24.2 Å². The van der Waals surface area contributed by atoms with Crippen LogP contribution in [-0.2, 0) is 22.4 Å². The molecular formula is C15H17ClN2O3. The molecule has 0 unspecified atom stereocenters. The Morgan fingerprint density at radius 2 is 2.10 bits per heavy atom. The highest BCUT2D eigenvalue weighted by Gasteiger charge is 2.16. The number of esters is 1. The Kier molecular flexibility index (Phi) is 5.33. The van der Waals surface area contributed by atoms with Crippen LogP contribution < -0.4 is 0 Å². The Morgan fingerprint density at radius 3 is 2.76 bits per heavy atom. The first-order chi connectivity index (χ1) is 10.1. The molecule has 0 aliphatic heterocycles. The Bertz CT molecular complexity index is 595. The van der Waals surface area contributed by atoms with Crippen molar-refractivity contribution < 1.29 is 14.1 Å². The maximum atomic E-state index is 11.4. The second-order valence-corrected chi connectivity index (χ2v) is 5.20. The van der Waals surface area contributed by atoms with Gasteiger partial charge in [0.1, 0.15) is 6.42 Å². The molecule has 0 saturated carbocycles. The van der Waals surface area contributed by atoms with Crippen LogP contribution in [0.25, 0.3) is 0 Å². The van der Waals surface area contributed by atoms with E-state index in [4.69, 9.17) is 20.9 Å². The maximum Gasteiger partial charge on any atom is 0.315 e. The summed E-state index contributed by atoms with van der Waals surface area (Å²) in [6.07, 6.45) is 0.782. The van der Waals surface area contributed by atoms with Crippen molar-refractivity contribution in [3.8, 4) is 0 Å². The van der Waals surface area contributed by atoms with Crippen LogP contribution in [0.1, 0.15) is 37.0 Å². The van der Waals surface area contributed by atoms with Gasteiger partial charge in [-0.2, -0.15) is 4.98 Å². The number of nitrogens with zero attached hydrogens (tertiary/aromatic N) is 2. The van der Waals surface area contributed by atoms with E-state index in [2.05, 4.69) is 10.1 Å². The highest BCUT2D eigenvalue weighted by molar-refractivity contribution is 6.30. The lowest BCUT2D eigenvalue weighted by Gasteiger charge is -2.06. The molecule has 0 aliphatic carbocycles. The average molecular weight is 309 g/mol. The van der Waals surface area contributed by atoms with Gasteiger partial charge in [-0.25, -0.2) is 0 Å². The number of hydrogen-bond acceptors (Lipinski definition) is 5. The van der Waals surface area contributed by atoms with E-state index in [1.54, 1.807) is 6.92 Å². The first-order valence-corrected chi connectivity index (χ1v) is 7.18. The lowest BCUT2D eigenvalue weighted by molar-refractivity contribution is -0.142. The van der Waals surface area contributed by atoms with E-state index in [1.165, 1.54) is 0 Å². The molecule has 2 aromatic rings. The summed E-state index contributed by atoms with van der Waals surface area (Å²) in [7, 11) is 0. The molecular weight excluding hydrogens is 292 g/mol. The minimum Gasteiger partial charge on any atom is -0.466 e. The molecule has 2 rings (SSSR count).